The topological polar surface area (TPSA) is 24.9 Å². The minimum absolute atomic E-state index is 0.274. The largest absolute Gasteiger partial charge is 0.375 e. The lowest BCUT2D eigenvalue weighted by molar-refractivity contribution is 0.629. The van der Waals surface area contributed by atoms with Gasteiger partial charge in [0.2, 0.25) is 0 Å². The molecular formula is C16H12BrFN2S. The van der Waals surface area contributed by atoms with Crippen LogP contribution in [-0.2, 0) is 6.54 Å². The molecule has 0 amide bonds. The van der Waals surface area contributed by atoms with E-state index < -0.39 is 0 Å². The predicted molar refractivity (Wildman–Crippen MR) is 89.0 cm³/mol. The van der Waals surface area contributed by atoms with Gasteiger partial charge in [0.15, 0.2) is 0 Å². The van der Waals surface area contributed by atoms with Crippen molar-refractivity contribution in [3.8, 4) is 11.3 Å². The fourth-order valence-electron chi connectivity index (χ4n) is 1.96. The van der Waals surface area contributed by atoms with Crippen LogP contribution in [0.15, 0.2) is 58.4 Å². The highest BCUT2D eigenvalue weighted by Gasteiger charge is 2.08. The first kappa shape index (κ1) is 14.2. The lowest BCUT2D eigenvalue weighted by Crippen LogP contribution is -2.01. The zero-order chi connectivity index (χ0) is 14.7. The number of nitrogens with zero attached hydrogens (tertiary/aromatic N) is 1. The Hall–Kier alpha value is -1.72. The van der Waals surface area contributed by atoms with E-state index in [4.69, 9.17) is 0 Å². The van der Waals surface area contributed by atoms with Crippen LogP contribution in [0, 0.1) is 5.82 Å². The Morgan fingerprint density at radius 2 is 1.90 bits per heavy atom. The minimum atomic E-state index is -0.274. The summed E-state index contributed by atoms with van der Waals surface area (Å²) in [6.07, 6.45) is 0. The van der Waals surface area contributed by atoms with E-state index in [0.717, 1.165) is 16.3 Å². The van der Waals surface area contributed by atoms with Crippen LogP contribution in [0.4, 0.5) is 10.1 Å². The summed E-state index contributed by atoms with van der Waals surface area (Å²) < 4.78 is 14.4. The molecule has 0 fully saturated rings. The van der Waals surface area contributed by atoms with Gasteiger partial charge in [-0.3, -0.25) is 0 Å². The van der Waals surface area contributed by atoms with Gasteiger partial charge >= 0.3 is 0 Å². The third kappa shape index (κ3) is 3.31. The van der Waals surface area contributed by atoms with Crippen molar-refractivity contribution in [1.29, 1.82) is 0 Å². The van der Waals surface area contributed by atoms with Gasteiger partial charge in [-0.15, -0.1) is 11.3 Å². The molecule has 1 aromatic heterocycles. The Kier molecular flexibility index (Phi) is 4.31. The summed E-state index contributed by atoms with van der Waals surface area (Å²) in [5, 5.41) is 6.03. The van der Waals surface area contributed by atoms with Crippen molar-refractivity contribution < 1.29 is 4.39 Å². The van der Waals surface area contributed by atoms with Crippen molar-refractivity contribution in [2.45, 2.75) is 6.54 Å². The Bertz CT molecular complexity index is 723. The molecule has 5 heteroatoms. The summed E-state index contributed by atoms with van der Waals surface area (Å²) in [6.45, 7) is 0.497. The third-order valence-corrected chi connectivity index (χ3v) is 4.51. The SMILES string of the molecule is Fc1cccc(Br)c1NCc1nc(-c2ccccc2)cs1. The smallest absolute Gasteiger partial charge is 0.147 e. The van der Waals surface area contributed by atoms with Crippen LogP contribution in [0.5, 0.6) is 0 Å². The van der Waals surface area contributed by atoms with Crippen molar-refractivity contribution in [3.63, 3.8) is 0 Å². The maximum Gasteiger partial charge on any atom is 0.147 e. The second kappa shape index (κ2) is 6.37. The number of benzene rings is 2. The summed E-state index contributed by atoms with van der Waals surface area (Å²) in [6, 6.07) is 14.9. The lowest BCUT2D eigenvalue weighted by Gasteiger charge is -2.07. The quantitative estimate of drug-likeness (QED) is 0.678. The molecule has 0 unspecified atom stereocenters. The molecule has 3 rings (SSSR count). The number of rotatable bonds is 4. The van der Waals surface area contributed by atoms with Gasteiger partial charge in [0.1, 0.15) is 10.8 Å². The van der Waals surface area contributed by atoms with Crippen LogP contribution >= 0.6 is 27.3 Å². The van der Waals surface area contributed by atoms with Crippen LogP contribution in [0.25, 0.3) is 11.3 Å². The van der Waals surface area contributed by atoms with Crippen LogP contribution in [0.3, 0.4) is 0 Å². The van der Waals surface area contributed by atoms with E-state index in [1.807, 2.05) is 41.8 Å². The molecule has 0 spiro atoms. The second-order valence-corrected chi connectivity index (χ2v) is 6.24. The number of hydrogen-bond donors (Lipinski definition) is 1. The van der Waals surface area contributed by atoms with Crippen molar-refractivity contribution in [3.05, 3.63) is 69.2 Å². The van der Waals surface area contributed by atoms with Gasteiger partial charge in [0.05, 0.1) is 17.9 Å². The second-order valence-electron chi connectivity index (χ2n) is 4.44. The molecule has 2 nitrogen and oxygen atoms in total. The molecule has 0 aliphatic rings. The van der Waals surface area contributed by atoms with E-state index in [-0.39, 0.29) is 5.82 Å². The van der Waals surface area contributed by atoms with Gasteiger partial charge < -0.3 is 5.32 Å². The van der Waals surface area contributed by atoms with Gasteiger partial charge in [-0.2, -0.15) is 0 Å². The summed E-state index contributed by atoms with van der Waals surface area (Å²) in [5.74, 6) is -0.274. The minimum Gasteiger partial charge on any atom is -0.375 e. The van der Waals surface area contributed by atoms with Crippen LogP contribution < -0.4 is 5.32 Å². The number of anilines is 1. The van der Waals surface area contributed by atoms with Gasteiger partial charge in [-0.25, -0.2) is 9.37 Å². The number of aromatic nitrogens is 1. The first-order chi connectivity index (χ1) is 10.2. The Balaban J connectivity index is 1.74. The molecule has 106 valence electrons. The van der Waals surface area contributed by atoms with Crippen molar-refractivity contribution in [1.82, 2.24) is 4.98 Å². The Morgan fingerprint density at radius 1 is 1.10 bits per heavy atom. The first-order valence-corrected chi connectivity index (χ1v) is 8.09. The molecule has 0 aliphatic heterocycles. The summed E-state index contributed by atoms with van der Waals surface area (Å²) in [5.41, 5.74) is 2.51. The van der Waals surface area contributed by atoms with E-state index in [2.05, 4.69) is 26.2 Å². The van der Waals surface area contributed by atoms with E-state index >= 15 is 0 Å². The highest BCUT2D eigenvalue weighted by Crippen LogP contribution is 2.27. The van der Waals surface area contributed by atoms with Crippen LogP contribution in [-0.4, -0.2) is 4.98 Å². The fraction of sp³-hybridized carbons (Fsp3) is 0.0625. The highest BCUT2D eigenvalue weighted by atomic mass is 79.9. The van der Waals surface area contributed by atoms with Crippen molar-refractivity contribution in [2.75, 3.05) is 5.32 Å². The number of nitrogens with one attached hydrogen (secondary N) is 1. The molecule has 0 aliphatic carbocycles. The molecule has 1 heterocycles. The molecule has 2 aromatic carbocycles. The third-order valence-electron chi connectivity index (χ3n) is 3.00. The summed E-state index contributed by atoms with van der Waals surface area (Å²) in [4.78, 5) is 4.57. The molecule has 0 radical (unpaired) electrons. The van der Waals surface area contributed by atoms with Gasteiger partial charge in [0.25, 0.3) is 0 Å². The molecule has 1 N–H and O–H groups in total. The fourth-order valence-corrected chi connectivity index (χ4v) is 3.19. The lowest BCUT2D eigenvalue weighted by atomic mass is 10.2. The highest BCUT2D eigenvalue weighted by molar-refractivity contribution is 9.10. The number of hydrogen-bond acceptors (Lipinski definition) is 3. The van der Waals surface area contributed by atoms with E-state index in [1.165, 1.54) is 6.07 Å². The van der Waals surface area contributed by atoms with E-state index in [9.17, 15) is 4.39 Å². The molecule has 3 aromatic rings. The maximum atomic E-state index is 13.7. The number of halogens is 2. The van der Waals surface area contributed by atoms with E-state index in [0.29, 0.717) is 16.7 Å². The van der Waals surface area contributed by atoms with Crippen molar-refractivity contribution in [2.24, 2.45) is 0 Å². The standard InChI is InChI=1S/C16H12BrFN2S/c17-12-7-4-8-13(18)16(12)19-9-15-20-14(10-21-15)11-5-2-1-3-6-11/h1-8,10,19H,9H2. The Labute approximate surface area is 134 Å². The summed E-state index contributed by atoms with van der Waals surface area (Å²) in [7, 11) is 0. The molecule has 0 bridgehead atoms. The first-order valence-electron chi connectivity index (χ1n) is 6.42. The van der Waals surface area contributed by atoms with Crippen LogP contribution in [0.1, 0.15) is 5.01 Å². The molecule has 0 atom stereocenters. The average Bonchev–Trinajstić information content (AvgIpc) is 2.97. The monoisotopic (exact) mass is 362 g/mol. The summed E-state index contributed by atoms with van der Waals surface area (Å²) >= 11 is 4.91. The van der Waals surface area contributed by atoms with Gasteiger partial charge in [0, 0.05) is 15.4 Å². The Morgan fingerprint density at radius 3 is 2.67 bits per heavy atom. The van der Waals surface area contributed by atoms with Crippen LogP contribution in [0.2, 0.25) is 0 Å². The number of para-hydroxylation sites is 1. The molecule has 0 saturated carbocycles. The zero-order valence-electron chi connectivity index (χ0n) is 11.0. The van der Waals surface area contributed by atoms with Gasteiger partial charge in [-0.1, -0.05) is 36.4 Å². The van der Waals surface area contributed by atoms with Gasteiger partial charge in [-0.05, 0) is 28.1 Å². The van der Waals surface area contributed by atoms with E-state index in [1.54, 1.807) is 17.4 Å². The zero-order valence-corrected chi connectivity index (χ0v) is 13.4. The molecule has 0 saturated heterocycles. The van der Waals surface area contributed by atoms with Crippen molar-refractivity contribution >= 4 is 33.0 Å². The molecule has 21 heavy (non-hydrogen) atoms. The normalized spacial score (nSPS) is 10.6. The molecular weight excluding hydrogens is 351 g/mol. The predicted octanol–water partition coefficient (Wildman–Crippen LogP) is 5.32. The maximum absolute atomic E-state index is 13.7. The average molecular weight is 363 g/mol. The number of thiazole rings is 1.